The Morgan fingerprint density at radius 3 is 2.72 bits per heavy atom. The molecule has 12 heteroatoms. The number of rotatable bonds is 5. The minimum atomic E-state index is -0.467. The van der Waals surface area contributed by atoms with Gasteiger partial charge in [0.05, 0.1) is 18.9 Å². The zero-order valence-corrected chi connectivity index (χ0v) is 14.0. The van der Waals surface area contributed by atoms with E-state index >= 15 is 0 Å². The third-order valence-corrected chi connectivity index (χ3v) is 3.53. The number of hydrogen-bond donors (Lipinski definition) is 2. The number of carbonyl (C=O) groups is 1. The molecule has 12 nitrogen and oxygen atoms in total. The van der Waals surface area contributed by atoms with Crippen LogP contribution in [-0.4, -0.2) is 68.1 Å². The summed E-state index contributed by atoms with van der Waals surface area (Å²) in [6, 6.07) is 0. The number of anilines is 1. The predicted octanol–water partition coefficient (Wildman–Crippen LogP) is -0.810. The lowest BCUT2D eigenvalue weighted by molar-refractivity contribution is 0.0332. The fourth-order valence-corrected chi connectivity index (χ4v) is 2.31. The van der Waals surface area contributed by atoms with Crippen molar-refractivity contribution in [1.82, 2.24) is 35.6 Å². The Hall–Kier alpha value is -2.86. The molecule has 1 amide bonds. The second-order valence-electron chi connectivity index (χ2n) is 5.66. The summed E-state index contributed by atoms with van der Waals surface area (Å²) in [5.74, 6) is -0.224. The Balaban J connectivity index is 1.94. The van der Waals surface area contributed by atoms with Crippen molar-refractivity contribution >= 4 is 17.4 Å². The van der Waals surface area contributed by atoms with Crippen LogP contribution >= 0.6 is 0 Å². The highest BCUT2D eigenvalue weighted by molar-refractivity contribution is 5.94. The predicted molar refractivity (Wildman–Crippen MR) is 86.0 cm³/mol. The third kappa shape index (κ3) is 3.80. The topological polar surface area (TPSA) is 150 Å². The van der Waals surface area contributed by atoms with Gasteiger partial charge in [-0.05, 0) is 24.2 Å². The number of nitrogens with zero attached hydrogens (tertiary/aromatic N) is 7. The van der Waals surface area contributed by atoms with Crippen molar-refractivity contribution in [3.8, 4) is 5.82 Å². The SMILES string of the molecule is CC(C)=NNC(=O)c1nnn(-c2nonc2N)c1CN1CCOCC1. The molecule has 0 bridgehead atoms. The van der Waals surface area contributed by atoms with Crippen LogP contribution in [-0.2, 0) is 11.3 Å². The van der Waals surface area contributed by atoms with Gasteiger partial charge in [0, 0.05) is 25.3 Å². The highest BCUT2D eigenvalue weighted by Gasteiger charge is 2.26. The van der Waals surface area contributed by atoms with Gasteiger partial charge in [-0.1, -0.05) is 5.21 Å². The van der Waals surface area contributed by atoms with E-state index in [0.717, 1.165) is 13.1 Å². The van der Waals surface area contributed by atoms with E-state index in [9.17, 15) is 4.79 Å². The van der Waals surface area contributed by atoms with Crippen molar-refractivity contribution in [2.45, 2.75) is 20.4 Å². The Morgan fingerprint density at radius 1 is 1.32 bits per heavy atom. The van der Waals surface area contributed by atoms with Crippen molar-refractivity contribution in [1.29, 1.82) is 0 Å². The van der Waals surface area contributed by atoms with Crippen LogP contribution < -0.4 is 11.2 Å². The molecule has 25 heavy (non-hydrogen) atoms. The second-order valence-corrected chi connectivity index (χ2v) is 5.66. The summed E-state index contributed by atoms with van der Waals surface area (Å²) in [7, 11) is 0. The molecule has 1 aliphatic rings. The van der Waals surface area contributed by atoms with Gasteiger partial charge in [0.25, 0.3) is 5.91 Å². The summed E-state index contributed by atoms with van der Waals surface area (Å²) >= 11 is 0. The van der Waals surface area contributed by atoms with Gasteiger partial charge in [-0.15, -0.1) is 5.10 Å². The normalized spacial score (nSPS) is 15.1. The maximum atomic E-state index is 12.4. The van der Waals surface area contributed by atoms with Gasteiger partial charge in [-0.25, -0.2) is 10.1 Å². The molecule has 3 heterocycles. The lowest BCUT2D eigenvalue weighted by atomic mass is 10.2. The van der Waals surface area contributed by atoms with Crippen LogP contribution in [0.1, 0.15) is 30.0 Å². The summed E-state index contributed by atoms with van der Waals surface area (Å²) in [5.41, 5.74) is 9.56. The number of nitrogens with two attached hydrogens (primary N) is 1. The van der Waals surface area contributed by atoms with Gasteiger partial charge in [0.15, 0.2) is 5.69 Å². The first-order valence-corrected chi connectivity index (χ1v) is 7.70. The van der Waals surface area contributed by atoms with Crippen molar-refractivity contribution < 1.29 is 14.2 Å². The average Bonchev–Trinajstić information content (AvgIpc) is 3.19. The monoisotopic (exact) mass is 349 g/mol. The van der Waals surface area contributed by atoms with Gasteiger partial charge in [-0.2, -0.15) is 9.78 Å². The number of ether oxygens (including phenoxy) is 1. The first-order valence-electron chi connectivity index (χ1n) is 7.70. The Bertz CT molecular complexity index is 772. The highest BCUT2D eigenvalue weighted by Crippen LogP contribution is 2.18. The summed E-state index contributed by atoms with van der Waals surface area (Å²) in [6.45, 7) is 6.66. The molecule has 2 aromatic heterocycles. The quantitative estimate of drug-likeness (QED) is 0.522. The smallest absolute Gasteiger partial charge is 0.293 e. The molecule has 134 valence electrons. The van der Waals surface area contributed by atoms with Crippen LogP contribution in [0.15, 0.2) is 9.73 Å². The van der Waals surface area contributed by atoms with E-state index in [1.165, 1.54) is 4.68 Å². The minimum Gasteiger partial charge on any atom is -0.379 e. The zero-order chi connectivity index (χ0) is 17.8. The minimum absolute atomic E-state index is 0.0579. The molecule has 2 aromatic rings. The fourth-order valence-electron chi connectivity index (χ4n) is 2.31. The molecule has 0 unspecified atom stereocenters. The van der Waals surface area contributed by atoms with E-state index < -0.39 is 5.91 Å². The summed E-state index contributed by atoms with van der Waals surface area (Å²) in [4.78, 5) is 14.5. The average molecular weight is 349 g/mol. The number of carbonyl (C=O) groups excluding carboxylic acids is 1. The molecule has 0 atom stereocenters. The molecule has 0 radical (unpaired) electrons. The molecule has 1 fully saturated rings. The first-order chi connectivity index (χ1) is 12.1. The van der Waals surface area contributed by atoms with Crippen LogP contribution in [0.2, 0.25) is 0 Å². The first kappa shape index (κ1) is 17.0. The van der Waals surface area contributed by atoms with Gasteiger partial charge < -0.3 is 10.5 Å². The van der Waals surface area contributed by atoms with E-state index in [-0.39, 0.29) is 17.3 Å². The van der Waals surface area contributed by atoms with Crippen LogP contribution in [0.3, 0.4) is 0 Å². The Morgan fingerprint density at radius 2 is 2.08 bits per heavy atom. The van der Waals surface area contributed by atoms with Crippen molar-refractivity contribution in [2.75, 3.05) is 32.0 Å². The van der Waals surface area contributed by atoms with Crippen LogP contribution in [0, 0.1) is 0 Å². The van der Waals surface area contributed by atoms with Crippen molar-refractivity contribution in [3.05, 3.63) is 11.4 Å². The molecule has 1 saturated heterocycles. The molecule has 0 saturated carbocycles. The van der Waals surface area contributed by atoms with Crippen molar-refractivity contribution in [3.63, 3.8) is 0 Å². The summed E-state index contributed by atoms with van der Waals surface area (Å²) in [5, 5.41) is 19.1. The standard InChI is InChI=1S/C13H19N9O3/c1-8(2)15-17-13(23)10-9(7-21-3-5-24-6-4-21)22(20-16-10)12-11(14)18-25-19-12/h3-7H2,1-2H3,(H2,14,18)(H,17,23). The van der Waals surface area contributed by atoms with E-state index in [1.54, 1.807) is 13.8 Å². The van der Waals surface area contributed by atoms with E-state index in [4.69, 9.17) is 10.5 Å². The lowest BCUT2D eigenvalue weighted by Gasteiger charge is -2.26. The van der Waals surface area contributed by atoms with E-state index in [2.05, 4.69) is 40.7 Å². The fraction of sp³-hybridized carbons (Fsp3) is 0.538. The number of nitrogen functional groups attached to an aromatic ring is 1. The molecule has 0 spiro atoms. The number of amides is 1. The molecule has 1 aliphatic heterocycles. The number of aromatic nitrogens is 5. The van der Waals surface area contributed by atoms with E-state index in [0.29, 0.717) is 31.2 Å². The third-order valence-electron chi connectivity index (χ3n) is 3.53. The largest absolute Gasteiger partial charge is 0.379 e. The number of nitrogens with one attached hydrogen (secondary N) is 1. The second kappa shape index (κ2) is 7.36. The molecular weight excluding hydrogens is 330 g/mol. The maximum absolute atomic E-state index is 12.4. The molecule has 0 aliphatic carbocycles. The molecular formula is C13H19N9O3. The molecule has 3 N–H and O–H groups in total. The van der Waals surface area contributed by atoms with Gasteiger partial charge >= 0.3 is 0 Å². The summed E-state index contributed by atoms with van der Waals surface area (Å²) < 4.78 is 11.3. The number of hydrogen-bond acceptors (Lipinski definition) is 10. The Kier molecular flexibility index (Phi) is 5.00. The van der Waals surface area contributed by atoms with Crippen LogP contribution in [0.25, 0.3) is 5.82 Å². The lowest BCUT2D eigenvalue weighted by Crippen LogP contribution is -2.37. The van der Waals surface area contributed by atoms with Gasteiger partial charge in [0.2, 0.25) is 11.6 Å². The van der Waals surface area contributed by atoms with E-state index in [1.807, 2.05) is 0 Å². The number of morpholine rings is 1. The summed E-state index contributed by atoms with van der Waals surface area (Å²) in [6.07, 6.45) is 0. The maximum Gasteiger partial charge on any atom is 0.293 e. The molecule has 3 rings (SSSR count). The van der Waals surface area contributed by atoms with Crippen LogP contribution in [0.4, 0.5) is 5.82 Å². The highest BCUT2D eigenvalue weighted by atomic mass is 16.6. The molecule has 0 aromatic carbocycles. The zero-order valence-electron chi connectivity index (χ0n) is 14.0. The Labute approximate surface area is 142 Å². The van der Waals surface area contributed by atoms with Crippen LogP contribution in [0.5, 0.6) is 0 Å². The van der Waals surface area contributed by atoms with Gasteiger partial charge in [0.1, 0.15) is 0 Å². The van der Waals surface area contributed by atoms with Crippen molar-refractivity contribution in [2.24, 2.45) is 5.10 Å². The van der Waals surface area contributed by atoms with Gasteiger partial charge in [-0.3, -0.25) is 9.69 Å². The number of hydrazone groups is 1.